The molecule has 0 unspecified atom stereocenters. The van der Waals surface area contributed by atoms with Gasteiger partial charge in [-0.15, -0.1) is 0 Å². The van der Waals surface area contributed by atoms with Gasteiger partial charge in [0.1, 0.15) is 0 Å². The van der Waals surface area contributed by atoms with Crippen LogP contribution in [0.4, 0.5) is 0 Å². The lowest BCUT2D eigenvalue weighted by molar-refractivity contribution is 0.402. The van der Waals surface area contributed by atoms with Gasteiger partial charge in [0.25, 0.3) is 0 Å². The lowest BCUT2D eigenvalue weighted by Crippen LogP contribution is -2.15. The van der Waals surface area contributed by atoms with Gasteiger partial charge in [0, 0.05) is 18.8 Å². The van der Waals surface area contributed by atoms with E-state index in [1.807, 2.05) is 0 Å². The second-order valence-corrected chi connectivity index (χ2v) is 5.37. The Morgan fingerprint density at radius 1 is 1.35 bits per heavy atom. The molecule has 1 aromatic carbocycles. The van der Waals surface area contributed by atoms with E-state index in [1.165, 1.54) is 23.3 Å². The Bertz CT molecular complexity index is 407. The molecule has 1 heterocycles. The lowest BCUT2D eigenvalue weighted by Gasteiger charge is -2.18. The third-order valence-corrected chi connectivity index (χ3v) is 3.23. The van der Waals surface area contributed by atoms with Crippen LogP contribution in [0.15, 0.2) is 29.3 Å². The number of aliphatic imine (C=N–C) groups is 1. The Morgan fingerprint density at radius 3 is 2.82 bits per heavy atom. The number of nitrogens with zero attached hydrogens (tertiary/aromatic N) is 2. The minimum Gasteiger partial charge on any atom is -0.305 e. The predicted octanol–water partition coefficient (Wildman–Crippen LogP) is 2.97. The van der Waals surface area contributed by atoms with Crippen LogP contribution in [0.3, 0.4) is 0 Å². The van der Waals surface area contributed by atoms with E-state index in [2.05, 4.69) is 50.2 Å². The Balaban J connectivity index is 2.16. The monoisotopic (exact) mass is 230 g/mol. The van der Waals surface area contributed by atoms with Gasteiger partial charge in [0.15, 0.2) is 0 Å². The lowest BCUT2D eigenvalue weighted by atomic mass is 9.95. The first-order valence-electron chi connectivity index (χ1n) is 6.42. The quantitative estimate of drug-likeness (QED) is 0.779. The Morgan fingerprint density at radius 2 is 2.18 bits per heavy atom. The summed E-state index contributed by atoms with van der Waals surface area (Å²) in [6, 6.07) is 8.81. The van der Waals surface area contributed by atoms with E-state index in [1.54, 1.807) is 0 Å². The van der Waals surface area contributed by atoms with E-state index in [-0.39, 0.29) is 0 Å². The third kappa shape index (κ3) is 3.40. The molecule has 0 aliphatic carbocycles. The summed E-state index contributed by atoms with van der Waals surface area (Å²) in [5, 5.41) is 0. The summed E-state index contributed by atoms with van der Waals surface area (Å²) >= 11 is 0. The van der Waals surface area contributed by atoms with Crippen molar-refractivity contribution in [3.05, 3.63) is 35.4 Å². The maximum Gasteiger partial charge on any atom is 0.0420 e. The van der Waals surface area contributed by atoms with Crippen LogP contribution in [0.5, 0.6) is 0 Å². The second kappa shape index (κ2) is 5.46. The van der Waals surface area contributed by atoms with Crippen molar-refractivity contribution in [3.8, 4) is 0 Å². The molecule has 0 radical (unpaired) electrons. The predicted molar refractivity (Wildman–Crippen MR) is 73.6 cm³/mol. The summed E-state index contributed by atoms with van der Waals surface area (Å²) in [5.41, 5.74) is 3.98. The molecule has 2 nitrogen and oxygen atoms in total. The molecule has 0 spiro atoms. The highest BCUT2D eigenvalue weighted by atomic mass is 15.0. The first-order chi connectivity index (χ1) is 8.15. The normalized spacial score (nSPS) is 20.5. The van der Waals surface area contributed by atoms with Gasteiger partial charge in [0.2, 0.25) is 0 Å². The molecule has 2 heteroatoms. The van der Waals surface area contributed by atoms with Gasteiger partial charge in [-0.3, -0.25) is 4.99 Å². The van der Waals surface area contributed by atoms with Gasteiger partial charge in [-0.2, -0.15) is 0 Å². The molecular formula is C15H22N2. The maximum atomic E-state index is 4.70. The summed E-state index contributed by atoms with van der Waals surface area (Å²) in [6.45, 7) is 4.27. The molecular weight excluding hydrogens is 208 g/mol. The van der Waals surface area contributed by atoms with E-state index in [4.69, 9.17) is 4.99 Å². The number of rotatable bonds is 3. The minimum atomic E-state index is 0.753. The van der Waals surface area contributed by atoms with Crippen LogP contribution in [-0.4, -0.2) is 31.3 Å². The van der Waals surface area contributed by atoms with Gasteiger partial charge in [-0.25, -0.2) is 0 Å². The van der Waals surface area contributed by atoms with Crippen molar-refractivity contribution in [2.24, 2.45) is 10.9 Å². The number of benzene rings is 1. The minimum absolute atomic E-state index is 0.753. The van der Waals surface area contributed by atoms with E-state index >= 15 is 0 Å². The van der Waals surface area contributed by atoms with Crippen LogP contribution in [0.1, 0.15) is 30.9 Å². The average Bonchev–Trinajstić information content (AvgIpc) is 2.29. The van der Waals surface area contributed by atoms with Crippen molar-refractivity contribution >= 4 is 5.71 Å². The Labute approximate surface area is 104 Å². The Kier molecular flexibility index (Phi) is 3.95. The summed E-state index contributed by atoms with van der Waals surface area (Å²) in [5.74, 6) is 0.753. The molecule has 1 aliphatic heterocycles. The second-order valence-electron chi connectivity index (χ2n) is 5.37. The Hall–Kier alpha value is -1.15. The zero-order valence-electron chi connectivity index (χ0n) is 11.1. The van der Waals surface area contributed by atoms with Crippen LogP contribution in [0, 0.1) is 5.92 Å². The standard InChI is InChI=1S/C15H22N2/c1-12-7-8-15(16-10-12)14-6-4-5-13(9-14)11-17(2)3/h4-6,9,12H,7-8,10-11H2,1-3H3/t12-/m0/s1. The van der Waals surface area contributed by atoms with Gasteiger partial charge in [-0.05, 0) is 50.0 Å². The van der Waals surface area contributed by atoms with Crippen molar-refractivity contribution in [1.29, 1.82) is 0 Å². The maximum absolute atomic E-state index is 4.70. The number of hydrogen-bond donors (Lipinski definition) is 0. The number of hydrogen-bond acceptors (Lipinski definition) is 2. The van der Waals surface area contributed by atoms with Crippen LogP contribution in [-0.2, 0) is 6.54 Å². The molecule has 0 N–H and O–H groups in total. The molecule has 1 aliphatic rings. The average molecular weight is 230 g/mol. The molecule has 2 rings (SSSR count). The molecule has 1 atom stereocenters. The first-order valence-corrected chi connectivity index (χ1v) is 6.42. The largest absolute Gasteiger partial charge is 0.305 e. The fraction of sp³-hybridized carbons (Fsp3) is 0.533. The summed E-state index contributed by atoms with van der Waals surface area (Å²) in [6.07, 6.45) is 2.41. The molecule has 0 fully saturated rings. The molecule has 0 saturated carbocycles. The van der Waals surface area contributed by atoms with E-state index in [0.717, 1.165) is 25.4 Å². The van der Waals surface area contributed by atoms with Crippen LogP contribution < -0.4 is 0 Å². The molecule has 0 aromatic heterocycles. The van der Waals surface area contributed by atoms with Crippen molar-refractivity contribution in [1.82, 2.24) is 4.90 Å². The smallest absolute Gasteiger partial charge is 0.0420 e. The van der Waals surface area contributed by atoms with Gasteiger partial charge >= 0.3 is 0 Å². The van der Waals surface area contributed by atoms with Crippen molar-refractivity contribution in [3.63, 3.8) is 0 Å². The molecule has 1 aromatic rings. The first kappa shape index (κ1) is 12.3. The van der Waals surface area contributed by atoms with Crippen LogP contribution in [0.2, 0.25) is 0 Å². The van der Waals surface area contributed by atoms with Crippen LogP contribution in [0.25, 0.3) is 0 Å². The SMILES string of the molecule is C[C@H]1CCC(c2cccc(CN(C)C)c2)=NC1. The summed E-state index contributed by atoms with van der Waals surface area (Å²) in [7, 11) is 4.21. The zero-order valence-corrected chi connectivity index (χ0v) is 11.1. The molecule has 17 heavy (non-hydrogen) atoms. The molecule has 0 amide bonds. The van der Waals surface area contributed by atoms with Crippen molar-refractivity contribution in [2.45, 2.75) is 26.3 Å². The van der Waals surface area contributed by atoms with Gasteiger partial charge in [0.05, 0.1) is 0 Å². The molecule has 92 valence electrons. The van der Waals surface area contributed by atoms with E-state index < -0.39 is 0 Å². The highest BCUT2D eigenvalue weighted by molar-refractivity contribution is 6.01. The van der Waals surface area contributed by atoms with Crippen molar-refractivity contribution < 1.29 is 0 Å². The zero-order chi connectivity index (χ0) is 12.3. The van der Waals surface area contributed by atoms with Crippen LogP contribution >= 0.6 is 0 Å². The fourth-order valence-electron chi connectivity index (χ4n) is 2.27. The van der Waals surface area contributed by atoms with Gasteiger partial charge in [-0.1, -0.05) is 25.1 Å². The van der Waals surface area contributed by atoms with Crippen molar-refractivity contribution in [2.75, 3.05) is 20.6 Å². The van der Waals surface area contributed by atoms with E-state index in [9.17, 15) is 0 Å². The topological polar surface area (TPSA) is 15.6 Å². The summed E-state index contributed by atoms with van der Waals surface area (Å²) < 4.78 is 0. The molecule has 0 bridgehead atoms. The van der Waals surface area contributed by atoms with Gasteiger partial charge < -0.3 is 4.90 Å². The fourth-order valence-corrected chi connectivity index (χ4v) is 2.27. The highest BCUT2D eigenvalue weighted by Crippen LogP contribution is 2.18. The highest BCUT2D eigenvalue weighted by Gasteiger charge is 2.13. The summed E-state index contributed by atoms with van der Waals surface area (Å²) in [4.78, 5) is 6.90. The van der Waals surface area contributed by atoms with E-state index in [0.29, 0.717) is 0 Å². The molecule has 0 saturated heterocycles. The third-order valence-electron chi connectivity index (χ3n) is 3.23.